The van der Waals surface area contributed by atoms with E-state index in [4.69, 9.17) is 9.92 Å². The van der Waals surface area contributed by atoms with Crippen LogP contribution in [0.4, 0.5) is 0 Å². The zero-order valence-electron chi connectivity index (χ0n) is 31.9. The van der Waals surface area contributed by atoms with Gasteiger partial charge in [-0.1, -0.05) is 46.8 Å². The lowest BCUT2D eigenvalue weighted by molar-refractivity contribution is -0.167. The van der Waals surface area contributed by atoms with E-state index in [1.54, 1.807) is 0 Å². The van der Waals surface area contributed by atoms with Crippen LogP contribution in [0, 0.1) is 58.2 Å². The number of hydrogen-bond acceptors (Lipinski definition) is 7. The van der Waals surface area contributed by atoms with E-state index >= 15 is 0 Å². The van der Waals surface area contributed by atoms with Crippen molar-refractivity contribution in [2.75, 3.05) is 32.7 Å². The summed E-state index contributed by atoms with van der Waals surface area (Å²) in [4.78, 5) is 0. The molecule has 4 rings (SSSR count). The highest BCUT2D eigenvalue weighted by atomic mass is 32.3. The largest absolute Gasteiger partial charge is 0.397 e. The van der Waals surface area contributed by atoms with Crippen LogP contribution in [0.3, 0.4) is 0 Å². The molecule has 4 saturated carbocycles. The lowest BCUT2D eigenvalue weighted by Gasteiger charge is -2.62. The standard InChI is InChI=1S/C40H75N3O5S/c1-29(2)37(48-49(45,46)47)17-14-30(3)33-15-16-34-38-35(19-21-40(33,34)5)39(4)20-18-31(27-32(39)28-36(38)44)13-8-6-7-9-23-42-24-10-11-25-43-26-12-22-41/h8,13,29-38,42-44H,6-7,9-12,14-28,41H2,1-5H3,(H,45,46,47)/b13-8+/t30-,31?,32-,33-,34+,35+,36-,37-,38+,39?,40-/m1/s1. The molecule has 6 N–H and O–H groups in total. The molecule has 0 spiro atoms. The Hall–Kier alpha value is -0.550. The third-order valence-electron chi connectivity index (χ3n) is 14.3. The molecule has 0 aromatic carbocycles. The van der Waals surface area contributed by atoms with E-state index in [9.17, 15) is 18.1 Å². The summed E-state index contributed by atoms with van der Waals surface area (Å²) in [6.45, 7) is 16.5. The number of aliphatic hydroxyl groups is 1. The average Bonchev–Trinajstić information content (AvgIpc) is 3.40. The summed E-state index contributed by atoms with van der Waals surface area (Å²) in [7, 11) is -4.46. The van der Waals surface area contributed by atoms with Crippen LogP contribution >= 0.6 is 0 Å². The van der Waals surface area contributed by atoms with Gasteiger partial charge in [0.1, 0.15) is 0 Å². The van der Waals surface area contributed by atoms with Gasteiger partial charge in [-0.25, -0.2) is 4.18 Å². The van der Waals surface area contributed by atoms with Gasteiger partial charge in [-0.3, -0.25) is 4.55 Å². The molecule has 2 unspecified atom stereocenters. The number of hydrogen-bond donors (Lipinski definition) is 5. The maximum absolute atomic E-state index is 11.9. The molecule has 8 nitrogen and oxygen atoms in total. The van der Waals surface area contributed by atoms with Crippen molar-refractivity contribution in [1.82, 2.24) is 10.6 Å². The Morgan fingerprint density at radius 1 is 0.857 bits per heavy atom. The Labute approximate surface area is 300 Å². The van der Waals surface area contributed by atoms with Gasteiger partial charge in [-0.2, -0.15) is 8.42 Å². The summed E-state index contributed by atoms with van der Waals surface area (Å²) in [5.41, 5.74) is 6.09. The minimum atomic E-state index is -4.46. The summed E-state index contributed by atoms with van der Waals surface area (Å²) in [5, 5.41) is 18.9. The third-order valence-corrected chi connectivity index (χ3v) is 14.8. The average molecular weight is 710 g/mol. The van der Waals surface area contributed by atoms with Crippen molar-refractivity contribution >= 4 is 10.4 Å². The van der Waals surface area contributed by atoms with Gasteiger partial charge in [-0.15, -0.1) is 0 Å². The highest BCUT2D eigenvalue weighted by molar-refractivity contribution is 7.80. The molecule has 0 aromatic heterocycles. The SMILES string of the molecule is CC(C)[C@@H](CC[C@@H](C)[C@H]1CC[C@H]2[C@@H]3[C@H](O)C[C@H]4CC(/C=C/CCCCNCCCCNCCCN)CCC4(C)[C@H]3CC[C@]12C)OS(=O)(=O)O. The molecular weight excluding hydrogens is 635 g/mol. The second-order valence-electron chi connectivity index (χ2n) is 17.7. The molecule has 0 aromatic rings. The zero-order valence-corrected chi connectivity index (χ0v) is 32.7. The highest BCUT2D eigenvalue weighted by Crippen LogP contribution is 2.68. The van der Waals surface area contributed by atoms with Crippen molar-refractivity contribution in [3.63, 3.8) is 0 Å². The van der Waals surface area contributed by atoms with Crippen LogP contribution < -0.4 is 16.4 Å². The molecule has 49 heavy (non-hydrogen) atoms. The molecule has 4 fully saturated rings. The first-order valence-corrected chi connectivity index (χ1v) is 21.8. The van der Waals surface area contributed by atoms with Crippen LogP contribution in [0.5, 0.6) is 0 Å². The van der Waals surface area contributed by atoms with Crippen LogP contribution in [-0.4, -0.2) is 63.0 Å². The lowest BCUT2D eigenvalue weighted by Crippen LogP contribution is -2.58. The highest BCUT2D eigenvalue weighted by Gasteiger charge is 2.62. The number of nitrogens with two attached hydrogens (primary N) is 1. The van der Waals surface area contributed by atoms with Crippen LogP contribution in [-0.2, 0) is 14.6 Å². The van der Waals surface area contributed by atoms with E-state index in [0.29, 0.717) is 53.3 Å². The smallest absolute Gasteiger partial charge is 0.393 e. The van der Waals surface area contributed by atoms with Gasteiger partial charge >= 0.3 is 10.4 Å². The zero-order chi connectivity index (χ0) is 35.7. The van der Waals surface area contributed by atoms with Gasteiger partial charge in [0, 0.05) is 0 Å². The first-order chi connectivity index (χ1) is 23.3. The molecular formula is C40H75N3O5S. The topological polar surface area (TPSA) is 134 Å². The first-order valence-electron chi connectivity index (χ1n) is 20.4. The van der Waals surface area contributed by atoms with Crippen molar-refractivity contribution < 1.29 is 22.3 Å². The normalized spacial score (nSPS) is 36.1. The summed E-state index contributed by atoms with van der Waals surface area (Å²) in [5.74, 6) is 3.90. The number of nitrogens with one attached hydrogen (secondary N) is 2. The van der Waals surface area contributed by atoms with E-state index in [2.05, 4.69) is 43.6 Å². The van der Waals surface area contributed by atoms with Crippen LogP contribution in [0.15, 0.2) is 12.2 Å². The molecule has 286 valence electrons. The molecule has 0 heterocycles. The number of allylic oxidation sites excluding steroid dienone is 2. The number of unbranched alkanes of at least 4 members (excludes halogenated alkanes) is 3. The van der Waals surface area contributed by atoms with E-state index in [0.717, 1.165) is 52.0 Å². The second-order valence-corrected chi connectivity index (χ2v) is 18.7. The van der Waals surface area contributed by atoms with Crippen molar-refractivity contribution in [1.29, 1.82) is 0 Å². The molecule has 9 heteroatoms. The molecule has 0 bridgehead atoms. The fraction of sp³-hybridized carbons (Fsp3) is 0.950. The van der Waals surface area contributed by atoms with Gasteiger partial charge < -0.3 is 21.5 Å². The van der Waals surface area contributed by atoms with Crippen molar-refractivity contribution in [3.05, 3.63) is 12.2 Å². The van der Waals surface area contributed by atoms with E-state index in [1.165, 1.54) is 77.0 Å². The molecule has 11 atom stereocenters. The van der Waals surface area contributed by atoms with Gasteiger partial charge in [0.05, 0.1) is 12.2 Å². The molecule has 0 amide bonds. The fourth-order valence-corrected chi connectivity index (χ4v) is 12.1. The van der Waals surface area contributed by atoms with Crippen molar-refractivity contribution in [2.45, 2.75) is 150 Å². The maximum Gasteiger partial charge on any atom is 0.397 e. The summed E-state index contributed by atoms with van der Waals surface area (Å²) in [6, 6.07) is 0. The fourth-order valence-electron chi connectivity index (χ4n) is 11.5. The van der Waals surface area contributed by atoms with Gasteiger partial charge in [0.15, 0.2) is 0 Å². The minimum absolute atomic E-state index is 0.0147. The van der Waals surface area contributed by atoms with Crippen LogP contribution in [0.2, 0.25) is 0 Å². The Bertz CT molecular complexity index is 1120. The van der Waals surface area contributed by atoms with Crippen LogP contribution in [0.1, 0.15) is 137 Å². The number of aliphatic hydroxyl groups excluding tert-OH is 1. The predicted octanol–water partition coefficient (Wildman–Crippen LogP) is 7.53. The number of rotatable bonds is 21. The Balaban J connectivity index is 1.21. The third kappa shape index (κ3) is 11.0. The summed E-state index contributed by atoms with van der Waals surface area (Å²) < 4.78 is 37.2. The molecule has 0 aliphatic heterocycles. The molecule has 4 aliphatic carbocycles. The van der Waals surface area contributed by atoms with Crippen molar-refractivity contribution in [3.8, 4) is 0 Å². The molecule has 0 saturated heterocycles. The Morgan fingerprint density at radius 3 is 2.14 bits per heavy atom. The number of fused-ring (bicyclic) bond motifs is 5. The van der Waals surface area contributed by atoms with Gasteiger partial charge in [-0.05, 0) is 194 Å². The van der Waals surface area contributed by atoms with Gasteiger partial charge in [0.2, 0.25) is 0 Å². The van der Waals surface area contributed by atoms with E-state index < -0.39 is 16.5 Å². The Morgan fingerprint density at radius 2 is 1.49 bits per heavy atom. The molecule has 4 aliphatic rings. The summed E-state index contributed by atoms with van der Waals surface area (Å²) in [6.07, 6.45) is 22.6. The quantitative estimate of drug-likeness (QED) is 0.0470. The Kier molecular flexibility index (Phi) is 16.0. The van der Waals surface area contributed by atoms with Crippen molar-refractivity contribution in [2.24, 2.45) is 63.9 Å². The summed E-state index contributed by atoms with van der Waals surface area (Å²) >= 11 is 0. The minimum Gasteiger partial charge on any atom is -0.393 e. The maximum atomic E-state index is 11.9. The molecule has 0 radical (unpaired) electrons. The lowest BCUT2D eigenvalue weighted by atomic mass is 9.43. The van der Waals surface area contributed by atoms with Crippen LogP contribution in [0.25, 0.3) is 0 Å². The van der Waals surface area contributed by atoms with E-state index in [1.807, 2.05) is 13.8 Å². The first kappa shape index (κ1) is 41.2. The van der Waals surface area contributed by atoms with Gasteiger partial charge in [0.25, 0.3) is 0 Å². The monoisotopic (exact) mass is 710 g/mol. The van der Waals surface area contributed by atoms with E-state index in [-0.39, 0.29) is 17.4 Å². The predicted molar refractivity (Wildman–Crippen MR) is 201 cm³/mol. The second kappa shape index (κ2) is 19.0.